The highest BCUT2D eigenvalue weighted by Crippen LogP contribution is 2.49. The lowest BCUT2D eigenvalue weighted by molar-refractivity contribution is -0.141. The van der Waals surface area contributed by atoms with Crippen molar-refractivity contribution in [1.29, 1.82) is 0 Å². The number of carbonyl (C=O) groups is 2. The number of esters is 2. The fourth-order valence-corrected chi connectivity index (χ4v) is 3.89. The molecule has 0 saturated carbocycles. The number of ether oxygens (including phenoxy) is 3. The van der Waals surface area contributed by atoms with Gasteiger partial charge in [-0.2, -0.15) is 0 Å². The third kappa shape index (κ3) is 4.92. The van der Waals surface area contributed by atoms with Gasteiger partial charge in [0.05, 0.1) is 6.42 Å². The molecule has 0 aromatic heterocycles. The predicted octanol–water partition coefficient (Wildman–Crippen LogP) is 5.35. The lowest BCUT2D eigenvalue weighted by Gasteiger charge is -2.30. The highest BCUT2D eigenvalue weighted by atomic mass is 16.6. The molecule has 0 spiro atoms. The minimum atomic E-state index is -0.335. The summed E-state index contributed by atoms with van der Waals surface area (Å²) in [7, 11) is 0. The van der Waals surface area contributed by atoms with Gasteiger partial charge in [-0.25, -0.2) is 0 Å². The summed E-state index contributed by atoms with van der Waals surface area (Å²) >= 11 is 0. The first-order valence-corrected chi connectivity index (χ1v) is 10.7. The van der Waals surface area contributed by atoms with E-state index < -0.39 is 0 Å². The Morgan fingerprint density at radius 2 is 1.65 bits per heavy atom. The molecule has 1 aliphatic heterocycles. The summed E-state index contributed by atoms with van der Waals surface area (Å²) in [5, 5.41) is 0. The third-order valence-corrected chi connectivity index (χ3v) is 5.33. The Bertz CT molecular complexity index is 1010. The second kappa shape index (κ2) is 8.37. The van der Waals surface area contributed by atoms with E-state index in [4.69, 9.17) is 14.2 Å². The normalized spacial score (nSPS) is 13.6. The first-order chi connectivity index (χ1) is 14.4. The maximum atomic E-state index is 12.4. The van der Waals surface area contributed by atoms with Crippen LogP contribution in [0.5, 0.6) is 11.5 Å². The molecule has 2 aromatic carbocycles. The van der Waals surface area contributed by atoms with E-state index in [-0.39, 0.29) is 42.4 Å². The number of benzene rings is 2. The van der Waals surface area contributed by atoms with E-state index in [1.54, 1.807) is 0 Å². The molecule has 0 N–H and O–H groups in total. The fourth-order valence-electron chi connectivity index (χ4n) is 3.89. The van der Waals surface area contributed by atoms with E-state index >= 15 is 0 Å². The molecule has 0 amide bonds. The van der Waals surface area contributed by atoms with Crippen molar-refractivity contribution < 1.29 is 23.8 Å². The van der Waals surface area contributed by atoms with Crippen LogP contribution in [0, 0.1) is 0 Å². The van der Waals surface area contributed by atoms with Crippen LogP contribution in [0.4, 0.5) is 0 Å². The van der Waals surface area contributed by atoms with Crippen LogP contribution in [0.25, 0.3) is 11.1 Å². The van der Waals surface area contributed by atoms with Crippen molar-refractivity contribution in [3.8, 4) is 22.6 Å². The van der Waals surface area contributed by atoms with Crippen molar-refractivity contribution in [1.82, 2.24) is 0 Å². The maximum absolute atomic E-state index is 12.4. The molecule has 0 aliphatic carbocycles. The van der Waals surface area contributed by atoms with Gasteiger partial charge in [0.25, 0.3) is 0 Å². The quantitative estimate of drug-likeness (QED) is 0.368. The molecule has 0 unspecified atom stereocenters. The number of para-hydroxylation sites is 1. The van der Waals surface area contributed by atoms with Gasteiger partial charge in [0, 0.05) is 23.6 Å². The average molecular weight is 425 g/mol. The van der Waals surface area contributed by atoms with E-state index in [0.29, 0.717) is 11.5 Å². The van der Waals surface area contributed by atoms with Crippen LogP contribution in [0.2, 0.25) is 0 Å². The Morgan fingerprint density at radius 3 is 2.26 bits per heavy atom. The molecule has 0 saturated heterocycles. The molecular weight excluding hydrogens is 392 g/mol. The predicted molar refractivity (Wildman–Crippen MR) is 121 cm³/mol. The summed E-state index contributed by atoms with van der Waals surface area (Å²) in [6.45, 7) is 14.7. The molecule has 0 radical (unpaired) electrons. The second-order valence-corrected chi connectivity index (χ2v) is 9.99. The summed E-state index contributed by atoms with van der Waals surface area (Å²) < 4.78 is 16.7. The second-order valence-electron chi connectivity index (χ2n) is 9.99. The summed E-state index contributed by atoms with van der Waals surface area (Å²) in [6.07, 6.45) is 0.236. The standard InChI is InChI=1S/C26H32O5/c1-16(27)29-12-13-30-21-11-9-8-10-17(21)23-18-14-22(28)31-24(18)20(26(5,6)7)15-19(23)25(2,3)4/h8-11,15H,12-14H2,1-7H3. The Morgan fingerprint density at radius 1 is 1.00 bits per heavy atom. The summed E-state index contributed by atoms with van der Waals surface area (Å²) in [5.41, 5.74) is 4.66. The van der Waals surface area contributed by atoms with Crippen molar-refractivity contribution in [2.75, 3.05) is 13.2 Å². The van der Waals surface area contributed by atoms with Gasteiger partial charge in [0.15, 0.2) is 0 Å². The largest absolute Gasteiger partial charge is 0.489 e. The Balaban J connectivity index is 2.20. The van der Waals surface area contributed by atoms with Gasteiger partial charge in [-0.05, 0) is 28.0 Å². The maximum Gasteiger partial charge on any atom is 0.315 e. The number of hydrogen-bond acceptors (Lipinski definition) is 5. The van der Waals surface area contributed by atoms with Crippen LogP contribution in [0.3, 0.4) is 0 Å². The van der Waals surface area contributed by atoms with Crippen LogP contribution >= 0.6 is 0 Å². The van der Waals surface area contributed by atoms with E-state index in [1.165, 1.54) is 6.92 Å². The summed E-state index contributed by atoms with van der Waals surface area (Å²) in [5.74, 6) is 0.791. The van der Waals surface area contributed by atoms with Gasteiger partial charge < -0.3 is 14.2 Å². The van der Waals surface area contributed by atoms with Crippen LogP contribution in [0.1, 0.15) is 65.2 Å². The summed E-state index contributed by atoms with van der Waals surface area (Å²) in [6, 6.07) is 9.96. The van der Waals surface area contributed by atoms with Crippen molar-refractivity contribution in [3.05, 3.63) is 47.0 Å². The molecule has 0 fully saturated rings. The van der Waals surface area contributed by atoms with Gasteiger partial charge in [0.2, 0.25) is 0 Å². The number of rotatable bonds is 5. The topological polar surface area (TPSA) is 61.8 Å². The zero-order valence-electron chi connectivity index (χ0n) is 19.5. The SMILES string of the molecule is CC(=O)OCCOc1ccccc1-c1c(C(C)(C)C)cc(C(C)(C)C)c2c1CC(=O)O2. The highest BCUT2D eigenvalue weighted by Gasteiger charge is 2.36. The van der Waals surface area contributed by atoms with Crippen molar-refractivity contribution >= 4 is 11.9 Å². The number of carbonyl (C=O) groups excluding carboxylic acids is 2. The third-order valence-electron chi connectivity index (χ3n) is 5.33. The smallest absolute Gasteiger partial charge is 0.315 e. The van der Waals surface area contributed by atoms with Gasteiger partial charge in [-0.3, -0.25) is 9.59 Å². The molecule has 1 aliphatic rings. The Hall–Kier alpha value is -2.82. The van der Waals surface area contributed by atoms with Crippen LogP contribution in [-0.4, -0.2) is 25.2 Å². The van der Waals surface area contributed by atoms with E-state index in [9.17, 15) is 9.59 Å². The zero-order chi connectivity index (χ0) is 23.0. The minimum absolute atomic E-state index is 0.166. The molecule has 5 heteroatoms. The molecule has 1 heterocycles. The van der Waals surface area contributed by atoms with Gasteiger partial charge in [0.1, 0.15) is 24.7 Å². The molecule has 0 atom stereocenters. The van der Waals surface area contributed by atoms with Crippen molar-refractivity contribution in [3.63, 3.8) is 0 Å². The monoisotopic (exact) mass is 424 g/mol. The molecule has 0 bridgehead atoms. The molecular formula is C26H32O5. The van der Waals surface area contributed by atoms with E-state index in [1.807, 2.05) is 24.3 Å². The number of hydrogen-bond donors (Lipinski definition) is 0. The fraction of sp³-hybridized carbons (Fsp3) is 0.462. The molecule has 5 nitrogen and oxygen atoms in total. The van der Waals surface area contributed by atoms with Gasteiger partial charge >= 0.3 is 11.9 Å². The van der Waals surface area contributed by atoms with Gasteiger partial charge in [-0.15, -0.1) is 0 Å². The lowest BCUT2D eigenvalue weighted by Crippen LogP contribution is -2.19. The van der Waals surface area contributed by atoms with Crippen LogP contribution < -0.4 is 9.47 Å². The van der Waals surface area contributed by atoms with Crippen LogP contribution in [0.15, 0.2) is 30.3 Å². The highest BCUT2D eigenvalue weighted by molar-refractivity contribution is 5.90. The van der Waals surface area contributed by atoms with Crippen molar-refractivity contribution in [2.45, 2.75) is 65.7 Å². The zero-order valence-corrected chi connectivity index (χ0v) is 19.5. The average Bonchev–Trinajstić information content (AvgIpc) is 3.03. The Labute approximate surface area is 184 Å². The van der Waals surface area contributed by atoms with E-state index in [2.05, 4.69) is 47.6 Å². The number of fused-ring (bicyclic) bond motifs is 1. The lowest BCUT2D eigenvalue weighted by atomic mass is 9.74. The van der Waals surface area contributed by atoms with Crippen LogP contribution in [-0.2, 0) is 31.6 Å². The molecule has 2 aromatic rings. The van der Waals surface area contributed by atoms with Crippen molar-refractivity contribution in [2.24, 2.45) is 0 Å². The minimum Gasteiger partial charge on any atom is -0.489 e. The van der Waals surface area contributed by atoms with E-state index in [0.717, 1.165) is 27.8 Å². The Kier molecular flexibility index (Phi) is 6.17. The summed E-state index contributed by atoms with van der Waals surface area (Å²) in [4.78, 5) is 23.4. The molecule has 31 heavy (non-hydrogen) atoms. The first-order valence-electron chi connectivity index (χ1n) is 10.7. The molecule has 3 rings (SSSR count). The molecule has 166 valence electrons. The first kappa shape index (κ1) is 22.9. The van der Waals surface area contributed by atoms with Gasteiger partial charge in [-0.1, -0.05) is 65.8 Å².